The summed E-state index contributed by atoms with van der Waals surface area (Å²) >= 11 is 0. The van der Waals surface area contributed by atoms with Crippen LogP contribution in [0.5, 0.6) is 0 Å². The Balaban J connectivity index is 1.36. The maximum Gasteiger partial charge on any atom is 0.242 e. The van der Waals surface area contributed by atoms with Crippen LogP contribution in [0.2, 0.25) is 0 Å². The zero-order valence-electron chi connectivity index (χ0n) is 27.5. The summed E-state index contributed by atoms with van der Waals surface area (Å²) in [6.45, 7) is 7.01. The van der Waals surface area contributed by atoms with Crippen molar-refractivity contribution in [3.63, 3.8) is 0 Å². The molecule has 1 saturated carbocycles. The average molecular weight is 690 g/mol. The second-order valence-corrected chi connectivity index (χ2v) is 19.3. The molecule has 2 fully saturated rings. The van der Waals surface area contributed by atoms with E-state index in [1.807, 2.05) is 41.9 Å². The van der Waals surface area contributed by atoms with E-state index in [4.69, 9.17) is 0 Å². The third-order valence-corrected chi connectivity index (χ3v) is 15.9. The monoisotopic (exact) mass is 689 g/mol. The van der Waals surface area contributed by atoms with Crippen LogP contribution in [0.4, 0.5) is 14.5 Å². The lowest BCUT2D eigenvalue weighted by Gasteiger charge is -2.40. The first-order chi connectivity index (χ1) is 22.1. The van der Waals surface area contributed by atoms with E-state index in [-0.39, 0.29) is 29.8 Å². The van der Waals surface area contributed by atoms with E-state index in [2.05, 4.69) is 5.87 Å². The van der Waals surface area contributed by atoms with E-state index in [0.29, 0.717) is 68.6 Å². The van der Waals surface area contributed by atoms with Crippen LogP contribution in [-0.4, -0.2) is 74.5 Å². The Morgan fingerprint density at radius 1 is 1.15 bits per heavy atom. The Kier molecular flexibility index (Phi) is 8.89. The van der Waals surface area contributed by atoms with E-state index in [9.17, 15) is 31.3 Å². The third-order valence-electron chi connectivity index (χ3n) is 10.7. The molecule has 0 radical (unpaired) electrons. The van der Waals surface area contributed by atoms with Crippen molar-refractivity contribution in [1.82, 2.24) is 8.87 Å². The fourth-order valence-corrected chi connectivity index (χ4v) is 11.0. The van der Waals surface area contributed by atoms with E-state index >= 15 is 0 Å². The standard InChI is InChI=1S/C35H45F2N3O5S2/c1-6-24-19-39-21-35(9-10-35)47(44,45)38(4)31-16-26(15-30(24)33(31)39)32(41)17-27(12-23-13-28(36)18-29(37)14-23)34(42)25-8-7-11-40(20-25)46(5,43)22(2)3/h13-16,18-19,22,25,27,34,42H,5-12,17,20-21H2,1-4H3/t25-,27-,34-,46?/m1/s1. The number of nitrogens with zero attached hydrogens (tertiary/aromatic N) is 3. The summed E-state index contributed by atoms with van der Waals surface area (Å²) in [6.07, 6.45) is 4.06. The number of halogens is 2. The van der Waals surface area contributed by atoms with Crippen molar-refractivity contribution in [3.05, 3.63) is 64.9 Å². The van der Waals surface area contributed by atoms with Gasteiger partial charge in [0.15, 0.2) is 5.78 Å². The Hall–Kier alpha value is -2.80. The largest absolute Gasteiger partial charge is 0.392 e. The highest BCUT2D eigenvalue weighted by Gasteiger charge is 2.58. The Labute approximate surface area is 276 Å². The van der Waals surface area contributed by atoms with Crippen LogP contribution in [0.1, 0.15) is 74.4 Å². The van der Waals surface area contributed by atoms with E-state index in [0.717, 1.165) is 22.5 Å². The van der Waals surface area contributed by atoms with Gasteiger partial charge in [0.05, 0.1) is 17.3 Å². The summed E-state index contributed by atoms with van der Waals surface area (Å²) in [5, 5.41) is 12.5. The summed E-state index contributed by atoms with van der Waals surface area (Å²) in [4.78, 5) is 14.2. The number of rotatable bonds is 10. The summed E-state index contributed by atoms with van der Waals surface area (Å²) in [7, 11) is -4.71. The van der Waals surface area contributed by atoms with Crippen molar-refractivity contribution in [2.75, 3.05) is 24.4 Å². The van der Waals surface area contributed by atoms with Crippen LogP contribution in [0.3, 0.4) is 0 Å². The van der Waals surface area contributed by atoms with Crippen LogP contribution in [0.25, 0.3) is 10.9 Å². The number of aliphatic hydroxyl groups is 1. The van der Waals surface area contributed by atoms with Gasteiger partial charge in [-0.15, -0.1) is 0 Å². The maximum absolute atomic E-state index is 14.3. The molecule has 6 rings (SSSR count). The fraction of sp³-hybridized carbons (Fsp3) is 0.543. The number of hydrogen-bond donors (Lipinski definition) is 1. The van der Waals surface area contributed by atoms with E-state index in [1.54, 1.807) is 13.1 Å². The van der Waals surface area contributed by atoms with Gasteiger partial charge in [-0.1, -0.05) is 20.8 Å². The van der Waals surface area contributed by atoms with Gasteiger partial charge in [-0.3, -0.25) is 13.3 Å². The number of aliphatic hydroxyl groups excluding tert-OH is 1. The predicted molar refractivity (Wildman–Crippen MR) is 184 cm³/mol. The zero-order chi connectivity index (χ0) is 34.1. The Morgan fingerprint density at radius 3 is 2.45 bits per heavy atom. The first-order valence-corrected chi connectivity index (χ1v) is 19.7. The highest BCUT2D eigenvalue weighted by molar-refractivity contribution is 7.98. The molecule has 3 aliphatic rings. The summed E-state index contributed by atoms with van der Waals surface area (Å²) in [6, 6.07) is 6.66. The molecule has 1 saturated heterocycles. The van der Waals surface area contributed by atoms with Gasteiger partial charge >= 0.3 is 0 Å². The van der Waals surface area contributed by atoms with Crippen LogP contribution >= 0.6 is 0 Å². The molecule has 12 heteroatoms. The predicted octanol–water partition coefficient (Wildman–Crippen LogP) is 5.34. The number of benzene rings is 2. The highest BCUT2D eigenvalue weighted by Crippen LogP contribution is 2.51. The molecule has 47 heavy (non-hydrogen) atoms. The SMILES string of the molecule is C=S(=O)(C(C)C)N1CCC[C@@H]([C@@H](O)[C@@H](CC(=O)c2cc3c4c(c2)c(CC)cn4CC2(CC2)S(=O)(=O)N3C)Cc2cc(F)cc(F)c2)C1. The number of ketones is 1. The molecule has 3 aromatic rings. The summed E-state index contributed by atoms with van der Waals surface area (Å²) in [5.74, 6) is 1.16. The van der Waals surface area contributed by atoms with Gasteiger partial charge in [-0.25, -0.2) is 21.5 Å². The molecule has 1 N–H and O–H groups in total. The molecule has 0 bridgehead atoms. The number of Topliss-reactive ketones (excluding diaryl/α,β-unsaturated/α-hetero) is 1. The number of piperidine rings is 1. The normalized spacial score (nSPS) is 23.1. The molecular weight excluding hydrogens is 645 g/mol. The van der Waals surface area contributed by atoms with Crippen molar-refractivity contribution in [3.8, 4) is 0 Å². The van der Waals surface area contributed by atoms with E-state index < -0.39 is 48.1 Å². The zero-order valence-corrected chi connectivity index (χ0v) is 29.2. The molecule has 1 unspecified atom stereocenters. The van der Waals surface area contributed by atoms with Gasteiger partial charge in [0, 0.05) is 71.3 Å². The molecule has 1 aromatic heterocycles. The number of anilines is 1. The van der Waals surface area contributed by atoms with Crippen LogP contribution in [0.15, 0.2) is 36.5 Å². The topological polar surface area (TPSA) is 99.9 Å². The minimum atomic E-state index is -3.68. The molecule has 1 aliphatic carbocycles. The first-order valence-electron chi connectivity index (χ1n) is 16.5. The minimum Gasteiger partial charge on any atom is -0.392 e. The summed E-state index contributed by atoms with van der Waals surface area (Å²) < 4.78 is 73.7. The Morgan fingerprint density at radius 2 is 1.83 bits per heavy atom. The number of carbonyl (C=O) groups is 1. The van der Waals surface area contributed by atoms with Gasteiger partial charge < -0.3 is 9.67 Å². The van der Waals surface area contributed by atoms with Crippen molar-refractivity contribution in [2.24, 2.45) is 11.8 Å². The van der Waals surface area contributed by atoms with Crippen LogP contribution in [-0.2, 0) is 39.1 Å². The van der Waals surface area contributed by atoms with Gasteiger partial charge in [-0.05, 0) is 91.6 Å². The molecular formula is C35H45F2N3O5S2. The maximum atomic E-state index is 14.3. The molecule has 2 aromatic carbocycles. The number of sulfonamides is 1. The van der Waals surface area contributed by atoms with E-state index in [1.165, 1.54) is 16.4 Å². The van der Waals surface area contributed by atoms with Crippen molar-refractivity contribution in [2.45, 2.75) is 88.4 Å². The fourth-order valence-electron chi connectivity index (χ4n) is 7.58. The van der Waals surface area contributed by atoms with Crippen molar-refractivity contribution >= 4 is 48.0 Å². The molecule has 256 valence electrons. The molecule has 4 atom stereocenters. The lowest BCUT2D eigenvalue weighted by atomic mass is 9.79. The minimum absolute atomic E-state index is 0.0461. The molecule has 8 nitrogen and oxygen atoms in total. The second-order valence-electron chi connectivity index (χ2n) is 14.1. The van der Waals surface area contributed by atoms with Gasteiger partial charge in [0.2, 0.25) is 10.0 Å². The van der Waals surface area contributed by atoms with Gasteiger partial charge in [0.25, 0.3) is 0 Å². The number of hydrogen-bond acceptors (Lipinski definition) is 5. The van der Waals surface area contributed by atoms with Gasteiger partial charge in [0.1, 0.15) is 16.4 Å². The smallest absolute Gasteiger partial charge is 0.242 e. The lowest BCUT2D eigenvalue weighted by molar-refractivity contribution is 0.0236. The molecule has 3 heterocycles. The number of carbonyl (C=O) groups excluding carboxylic acids is 1. The summed E-state index contributed by atoms with van der Waals surface area (Å²) in [5.41, 5.74) is 2.88. The van der Waals surface area contributed by atoms with Crippen LogP contribution in [0, 0.1) is 23.5 Å². The number of aryl methyl sites for hydroxylation is 1. The highest BCUT2D eigenvalue weighted by atomic mass is 32.2. The first kappa shape index (κ1) is 34.1. The molecule has 0 amide bonds. The van der Waals surface area contributed by atoms with Crippen molar-refractivity contribution in [1.29, 1.82) is 0 Å². The van der Waals surface area contributed by atoms with Crippen LogP contribution < -0.4 is 4.31 Å². The van der Waals surface area contributed by atoms with Gasteiger partial charge in [-0.2, -0.15) is 0 Å². The third kappa shape index (κ3) is 6.04. The van der Waals surface area contributed by atoms with Crippen molar-refractivity contribution < 1.29 is 31.3 Å². The molecule has 1 spiro atoms. The quantitative estimate of drug-likeness (QED) is 0.229. The molecule has 2 aliphatic heterocycles. The lowest BCUT2D eigenvalue weighted by Crippen LogP contribution is -2.47. The number of aromatic nitrogens is 1. The Bertz CT molecular complexity index is 1920. The second kappa shape index (κ2) is 12.3. The average Bonchev–Trinajstić information content (AvgIpc) is 3.74.